The molecule has 0 aliphatic carbocycles. The lowest BCUT2D eigenvalue weighted by Crippen LogP contribution is -2.38. The number of nitrogens with one attached hydrogen (secondary N) is 2. The Morgan fingerprint density at radius 3 is 2.77 bits per heavy atom. The van der Waals surface area contributed by atoms with Crippen LogP contribution in [-0.2, 0) is 20.0 Å². The van der Waals surface area contributed by atoms with E-state index >= 15 is 0 Å². The van der Waals surface area contributed by atoms with Crippen LogP contribution < -0.4 is 10.6 Å². The predicted molar refractivity (Wildman–Crippen MR) is 85.7 cm³/mol. The van der Waals surface area contributed by atoms with Gasteiger partial charge in [0.25, 0.3) is 0 Å². The van der Waals surface area contributed by atoms with Crippen LogP contribution in [0.1, 0.15) is 29.6 Å². The van der Waals surface area contributed by atoms with Crippen molar-refractivity contribution in [2.75, 3.05) is 13.1 Å². The molecule has 0 saturated carbocycles. The van der Waals surface area contributed by atoms with Crippen LogP contribution in [0.2, 0.25) is 0 Å². The van der Waals surface area contributed by atoms with Crippen LogP contribution in [0, 0.1) is 13.8 Å². The molecule has 2 N–H and O–H groups in total. The van der Waals surface area contributed by atoms with E-state index in [1.807, 2.05) is 31.6 Å². The van der Waals surface area contributed by atoms with Gasteiger partial charge in [-0.05, 0) is 33.3 Å². The minimum Gasteiger partial charge on any atom is -0.361 e. The molecule has 0 aromatic carbocycles. The third-order valence-electron chi connectivity index (χ3n) is 3.51. The number of hydrogen-bond acceptors (Lipinski definition) is 4. The van der Waals surface area contributed by atoms with Gasteiger partial charge >= 0.3 is 0 Å². The maximum Gasteiger partial charge on any atom is 0.191 e. The summed E-state index contributed by atoms with van der Waals surface area (Å²) in [5, 5.41) is 14.7. The maximum atomic E-state index is 5.18. The molecule has 0 radical (unpaired) electrons. The molecule has 22 heavy (non-hydrogen) atoms. The van der Waals surface area contributed by atoms with Crippen molar-refractivity contribution in [1.29, 1.82) is 0 Å². The monoisotopic (exact) mass is 304 g/mol. The van der Waals surface area contributed by atoms with Crippen LogP contribution in [-0.4, -0.2) is 34.0 Å². The highest BCUT2D eigenvalue weighted by Gasteiger charge is 2.08. The maximum absolute atomic E-state index is 5.18. The Hall–Kier alpha value is -2.31. The summed E-state index contributed by atoms with van der Waals surface area (Å²) >= 11 is 0. The third-order valence-corrected chi connectivity index (χ3v) is 3.51. The molecule has 2 heterocycles. The Morgan fingerprint density at radius 1 is 1.36 bits per heavy atom. The Labute approximate surface area is 130 Å². The summed E-state index contributed by atoms with van der Waals surface area (Å²) in [5.74, 6) is 1.69. The molecule has 7 heteroatoms. The molecular formula is C15H24N6O. The number of aliphatic imine (C=N–C) groups is 1. The molecule has 0 saturated heterocycles. The van der Waals surface area contributed by atoms with Gasteiger partial charge in [0.1, 0.15) is 5.76 Å². The molecule has 0 unspecified atom stereocenters. The van der Waals surface area contributed by atoms with Gasteiger partial charge in [-0.3, -0.25) is 4.68 Å². The van der Waals surface area contributed by atoms with Crippen molar-refractivity contribution in [1.82, 2.24) is 25.6 Å². The standard InChI is InChI=1S/C15H24N6O/c1-5-16-15(18-10-13-6-9-19-21(13)4)17-8-7-14-11(2)20-22-12(14)3/h6,9H,5,7-8,10H2,1-4H3,(H2,16,17,18). The summed E-state index contributed by atoms with van der Waals surface area (Å²) in [7, 11) is 1.92. The summed E-state index contributed by atoms with van der Waals surface area (Å²) in [4.78, 5) is 4.57. The second-order valence-electron chi connectivity index (χ2n) is 5.12. The fraction of sp³-hybridized carbons (Fsp3) is 0.533. The number of aryl methyl sites for hydroxylation is 3. The molecule has 0 bridgehead atoms. The number of guanidine groups is 1. The average Bonchev–Trinajstić information content (AvgIpc) is 3.04. The Kier molecular flexibility index (Phi) is 5.57. The summed E-state index contributed by atoms with van der Waals surface area (Å²) in [6.07, 6.45) is 2.64. The van der Waals surface area contributed by atoms with E-state index in [0.717, 1.165) is 48.2 Å². The summed E-state index contributed by atoms with van der Waals surface area (Å²) in [6, 6.07) is 1.97. The molecular weight excluding hydrogens is 280 g/mol. The summed E-state index contributed by atoms with van der Waals surface area (Å²) < 4.78 is 7.01. The van der Waals surface area contributed by atoms with Crippen molar-refractivity contribution in [2.24, 2.45) is 12.0 Å². The molecule has 2 rings (SSSR count). The Morgan fingerprint density at radius 2 is 2.18 bits per heavy atom. The second kappa shape index (κ2) is 7.63. The highest BCUT2D eigenvalue weighted by atomic mass is 16.5. The first-order valence-electron chi connectivity index (χ1n) is 7.52. The van der Waals surface area contributed by atoms with Crippen molar-refractivity contribution >= 4 is 5.96 Å². The predicted octanol–water partition coefficient (Wildman–Crippen LogP) is 1.32. The molecule has 0 atom stereocenters. The van der Waals surface area contributed by atoms with E-state index in [-0.39, 0.29) is 0 Å². The lowest BCUT2D eigenvalue weighted by atomic mass is 10.1. The van der Waals surface area contributed by atoms with Gasteiger partial charge < -0.3 is 15.2 Å². The van der Waals surface area contributed by atoms with Crippen LogP contribution in [0.4, 0.5) is 0 Å². The van der Waals surface area contributed by atoms with Crippen LogP contribution in [0.5, 0.6) is 0 Å². The van der Waals surface area contributed by atoms with Gasteiger partial charge in [-0.25, -0.2) is 4.99 Å². The van der Waals surface area contributed by atoms with E-state index in [1.54, 1.807) is 6.20 Å². The molecule has 2 aromatic rings. The van der Waals surface area contributed by atoms with Gasteiger partial charge in [0.05, 0.1) is 17.9 Å². The fourth-order valence-corrected chi connectivity index (χ4v) is 2.22. The molecule has 0 fully saturated rings. The van der Waals surface area contributed by atoms with Crippen molar-refractivity contribution < 1.29 is 4.52 Å². The molecule has 2 aromatic heterocycles. The molecule has 120 valence electrons. The largest absolute Gasteiger partial charge is 0.361 e. The second-order valence-corrected chi connectivity index (χ2v) is 5.12. The number of nitrogens with zero attached hydrogens (tertiary/aromatic N) is 4. The van der Waals surface area contributed by atoms with Gasteiger partial charge in [0.15, 0.2) is 5.96 Å². The molecule has 7 nitrogen and oxygen atoms in total. The minimum atomic E-state index is 0.594. The summed E-state index contributed by atoms with van der Waals surface area (Å²) in [6.45, 7) is 8.15. The van der Waals surface area contributed by atoms with Crippen molar-refractivity contribution in [3.8, 4) is 0 Å². The number of rotatable bonds is 6. The van der Waals surface area contributed by atoms with E-state index < -0.39 is 0 Å². The molecule has 0 aliphatic heterocycles. The average molecular weight is 304 g/mol. The zero-order valence-electron chi connectivity index (χ0n) is 13.7. The van der Waals surface area contributed by atoms with Gasteiger partial charge in [-0.15, -0.1) is 0 Å². The summed E-state index contributed by atoms with van der Waals surface area (Å²) in [5.41, 5.74) is 3.19. The fourth-order valence-electron chi connectivity index (χ4n) is 2.22. The smallest absolute Gasteiger partial charge is 0.191 e. The van der Waals surface area contributed by atoms with E-state index in [1.165, 1.54) is 0 Å². The lowest BCUT2D eigenvalue weighted by molar-refractivity contribution is 0.392. The normalized spacial score (nSPS) is 11.7. The first kappa shape index (κ1) is 16.1. The Balaban J connectivity index is 1.90. The highest BCUT2D eigenvalue weighted by molar-refractivity contribution is 5.79. The van der Waals surface area contributed by atoms with Crippen molar-refractivity contribution in [3.05, 3.63) is 35.0 Å². The number of aromatic nitrogens is 3. The topological polar surface area (TPSA) is 80.3 Å². The van der Waals surface area contributed by atoms with Crippen molar-refractivity contribution in [2.45, 2.75) is 33.7 Å². The first-order chi connectivity index (χ1) is 10.6. The molecule has 0 aliphatic rings. The van der Waals surface area contributed by atoms with Gasteiger partial charge in [0, 0.05) is 31.9 Å². The zero-order valence-corrected chi connectivity index (χ0v) is 13.7. The van der Waals surface area contributed by atoms with E-state index in [2.05, 4.69) is 32.8 Å². The SMILES string of the molecule is CCNC(=NCc1ccnn1C)NCCc1c(C)noc1C. The first-order valence-corrected chi connectivity index (χ1v) is 7.52. The molecule has 0 amide bonds. The van der Waals surface area contributed by atoms with Crippen molar-refractivity contribution in [3.63, 3.8) is 0 Å². The van der Waals surface area contributed by atoms with Gasteiger partial charge in [0.2, 0.25) is 0 Å². The lowest BCUT2D eigenvalue weighted by Gasteiger charge is -2.11. The van der Waals surface area contributed by atoms with Crippen LogP contribution in [0.15, 0.2) is 21.8 Å². The quantitative estimate of drug-likeness (QED) is 0.621. The van der Waals surface area contributed by atoms with Crippen LogP contribution >= 0.6 is 0 Å². The van der Waals surface area contributed by atoms with Crippen LogP contribution in [0.3, 0.4) is 0 Å². The van der Waals surface area contributed by atoms with E-state index in [0.29, 0.717) is 6.54 Å². The molecule has 0 spiro atoms. The van der Waals surface area contributed by atoms with Gasteiger partial charge in [-0.1, -0.05) is 5.16 Å². The number of hydrogen-bond donors (Lipinski definition) is 2. The Bertz CT molecular complexity index is 608. The van der Waals surface area contributed by atoms with Gasteiger partial charge in [-0.2, -0.15) is 5.10 Å². The van der Waals surface area contributed by atoms with E-state index in [4.69, 9.17) is 4.52 Å². The highest BCUT2D eigenvalue weighted by Crippen LogP contribution is 2.11. The zero-order chi connectivity index (χ0) is 15.9. The third kappa shape index (κ3) is 4.09. The van der Waals surface area contributed by atoms with E-state index in [9.17, 15) is 0 Å². The van der Waals surface area contributed by atoms with Crippen LogP contribution in [0.25, 0.3) is 0 Å². The minimum absolute atomic E-state index is 0.594.